The molecule has 0 aromatic heterocycles. The van der Waals surface area contributed by atoms with Gasteiger partial charge in [0.25, 0.3) is 0 Å². The van der Waals surface area contributed by atoms with E-state index >= 15 is 0 Å². The first-order valence-corrected chi connectivity index (χ1v) is 7.92. The van der Waals surface area contributed by atoms with Gasteiger partial charge in [0.2, 0.25) is 5.91 Å². The minimum atomic E-state index is -0.506. The zero-order valence-electron chi connectivity index (χ0n) is 13.3. The van der Waals surface area contributed by atoms with Gasteiger partial charge in [0.05, 0.1) is 13.2 Å². The summed E-state index contributed by atoms with van der Waals surface area (Å²) in [5.41, 5.74) is 0. The Bertz CT molecular complexity index is 378. The number of carbonyl (C=O) groups excluding carboxylic acids is 2. The maximum atomic E-state index is 12.7. The Morgan fingerprint density at radius 2 is 1.86 bits per heavy atom. The van der Waals surface area contributed by atoms with E-state index in [-0.39, 0.29) is 24.6 Å². The van der Waals surface area contributed by atoms with Crippen molar-refractivity contribution >= 4 is 11.9 Å². The van der Waals surface area contributed by atoms with Gasteiger partial charge in [-0.25, -0.2) is 4.79 Å². The minimum Gasteiger partial charge on any atom is -0.377 e. The lowest BCUT2D eigenvalue weighted by molar-refractivity contribution is -0.131. The third kappa shape index (κ3) is 4.09. The zero-order chi connectivity index (χ0) is 15.4. The van der Waals surface area contributed by atoms with Crippen molar-refractivity contribution < 1.29 is 14.3 Å². The van der Waals surface area contributed by atoms with Crippen LogP contribution in [0.5, 0.6) is 0 Å². The van der Waals surface area contributed by atoms with Crippen molar-refractivity contribution in [2.24, 2.45) is 5.92 Å². The standard InChI is InChI=1S/C15H27N3O3/c1-11(2)16-14(19)13-10-21-9-8-18(13)15(20)17-6-4-12(3)5-7-17/h11-13H,4-10H2,1-3H3,(H,16,19). The van der Waals surface area contributed by atoms with Crippen LogP contribution in [0, 0.1) is 5.92 Å². The first kappa shape index (κ1) is 16.1. The van der Waals surface area contributed by atoms with Gasteiger partial charge in [-0.3, -0.25) is 4.79 Å². The molecule has 1 N–H and O–H groups in total. The van der Waals surface area contributed by atoms with Crippen LogP contribution < -0.4 is 5.32 Å². The SMILES string of the molecule is CC1CCN(C(=O)N2CCOCC2C(=O)NC(C)C)CC1. The van der Waals surface area contributed by atoms with Crippen molar-refractivity contribution in [2.75, 3.05) is 32.8 Å². The van der Waals surface area contributed by atoms with Gasteiger partial charge in [-0.1, -0.05) is 6.92 Å². The Morgan fingerprint density at radius 3 is 2.48 bits per heavy atom. The predicted octanol–water partition coefficient (Wildman–Crippen LogP) is 1.06. The number of piperidine rings is 1. The van der Waals surface area contributed by atoms with E-state index in [4.69, 9.17) is 4.74 Å². The summed E-state index contributed by atoms with van der Waals surface area (Å²) < 4.78 is 5.40. The Labute approximate surface area is 126 Å². The number of nitrogens with one attached hydrogen (secondary N) is 1. The number of amides is 3. The van der Waals surface area contributed by atoms with Crippen molar-refractivity contribution in [1.82, 2.24) is 15.1 Å². The number of morpholine rings is 1. The molecule has 6 heteroatoms. The van der Waals surface area contributed by atoms with Gasteiger partial charge in [-0.15, -0.1) is 0 Å². The van der Waals surface area contributed by atoms with Gasteiger partial charge in [0.1, 0.15) is 6.04 Å². The van der Waals surface area contributed by atoms with E-state index in [1.54, 1.807) is 4.90 Å². The Balaban J connectivity index is 2.00. The molecule has 0 radical (unpaired) electrons. The van der Waals surface area contributed by atoms with Crippen LogP contribution in [0.15, 0.2) is 0 Å². The topological polar surface area (TPSA) is 61.9 Å². The summed E-state index contributed by atoms with van der Waals surface area (Å²) in [6.07, 6.45) is 2.08. The summed E-state index contributed by atoms with van der Waals surface area (Å²) in [5, 5.41) is 2.88. The fraction of sp³-hybridized carbons (Fsp3) is 0.867. The number of likely N-dealkylation sites (tertiary alicyclic amines) is 1. The molecule has 0 saturated carbocycles. The number of ether oxygens (including phenoxy) is 1. The molecule has 120 valence electrons. The van der Waals surface area contributed by atoms with E-state index in [1.165, 1.54) is 0 Å². The van der Waals surface area contributed by atoms with E-state index in [0.29, 0.717) is 19.1 Å². The molecule has 0 bridgehead atoms. The number of nitrogens with zero attached hydrogens (tertiary/aromatic N) is 2. The second-order valence-corrected chi connectivity index (χ2v) is 6.40. The van der Waals surface area contributed by atoms with Crippen LogP contribution >= 0.6 is 0 Å². The molecule has 2 rings (SSSR count). The number of hydrogen-bond donors (Lipinski definition) is 1. The fourth-order valence-corrected chi connectivity index (χ4v) is 2.81. The molecular formula is C15H27N3O3. The van der Waals surface area contributed by atoms with Gasteiger partial charge in [0.15, 0.2) is 0 Å². The maximum Gasteiger partial charge on any atom is 0.320 e. The molecule has 1 atom stereocenters. The lowest BCUT2D eigenvalue weighted by atomic mass is 9.99. The van der Waals surface area contributed by atoms with Crippen molar-refractivity contribution in [2.45, 2.75) is 45.7 Å². The molecule has 0 aromatic carbocycles. The quantitative estimate of drug-likeness (QED) is 0.829. The highest BCUT2D eigenvalue weighted by molar-refractivity contribution is 5.87. The van der Waals surface area contributed by atoms with E-state index in [1.807, 2.05) is 18.7 Å². The number of urea groups is 1. The van der Waals surface area contributed by atoms with E-state index in [9.17, 15) is 9.59 Å². The van der Waals surface area contributed by atoms with Crippen LogP contribution in [0.3, 0.4) is 0 Å². The molecule has 0 aliphatic carbocycles. The lowest BCUT2D eigenvalue weighted by Gasteiger charge is -2.40. The highest BCUT2D eigenvalue weighted by Crippen LogP contribution is 2.19. The maximum absolute atomic E-state index is 12.7. The second-order valence-electron chi connectivity index (χ2n) is 6.40. The zero-order valence-corrected chi connectivity index (χ0v) is 13.3. The van der Waals surface area contributed by atoms with Gasteiger partial charge in [-0.05, 0) is 32.6 Å². The second kappa shape index (κ2) is 7.11. The summed E-state index contributed by atoms with van der Waals surface area (Å²) in [6.45, 7) is 8.90. The first-order valence-electron chi connectivity index (χ1n) is 7.92. The van der Waals surface area contributed by atoms with Crippen LogP contribution in [-0.2, 0) is 9.53 Å². The van der Waals surface area contributed by atoms with Crippen LogP contribution in [0.4, 0.5) is 4.79 Å². The molecule has 3 amide bonds. The van der Waals surface area contributed by atoms with Gasteiger partial charge in [-0.2, -0.15) is 0 Å². The average molecular weight is 297 g/mol. The summed E-state index contributed by atoms with van der Waals surface area (Å²) in [6, 6.07) is -0.464. The van der Waals surface area contributed by atoms with Crippen molar-refractivity contribution in [3.05, 3.63) is 0 Å². The highest BCUT2D eigenvalue weighted by Gasteiger charge is 2.36. The smallest absolute Gasteiger partial charge is 0.320 e. The normalized spacial score (nSPS) is 24.3. The molecule has 0 aromatic rings. The largest absolute Gasteiger partial charge is 0.377 e. The fourth-order valence-electron chi connectivity index (χ4n) is 2.81. The van der Waals surface area contributed by atoms with Crippen molar-refractivity contribution in [3.8, 4) is 0 Å². The molecule has 2 fully saturated rings. The lowest BCUT2D eigenvalue weighted by Crippen LogP contribution is -2.60. The van der Waals surface area contributed by atoms with Crippen LogP contribution in [0.25, 0.3) is 0 Å². The molecule has 0 spiro atoms. The Morgan fingerprint density at radius 1 is 1.19 bits per heavy atom. The third-order valence-corrected chi connectivity index (χ3v) is 4.16. The molecule has 2 heterocycles. The molecule has 2 aliphatic heterocycles. The molecule has 2 saturated heterocycles. The molecular weight excluding hydrogens is 270 g/mol. The number of carbonyl (C=O) groups is 2. The summed E-state index contributed by atoms with van der Waals surface area (Å²) in [7, 11) is 0. The van der Waals surface area contributed by atoms with Gasteiger partial charge >= 0.3 is 6.03 Å². The molecule has 6 nitrogen and oxygen atoms in total. The summed E-state index contributed by atoms with van der Waals surface area (Å²) in [4.78, 5) is 28.5. The summed E-state index contributed by atoms with van der Waals surface area (Å²) >= 11 is 0. The van der Waals surface area contributed by atoms with Crippen LogP contribution in [-0.4, -0.2) is 66.7 Å². The van der Waals surface area contributed by atoms with Crippen molar-refractivity contribution in [1.29, 1.82) is 0 Å². The van der Waals surface area contributed by atoms with E-state index in [0.717, 1.165) is 25.9 Å². The van der Waals surface area contributed by atoms with Gasteiger partial charge < -0.3 is 19.9 Å². The highest BCUT2D eigenvalue weighted by atomic mass is 16.5. The van der Waals surface area contributed by atoms with Crippen LogP contribution in [0.1, 0.15) is 33.6 Å². The monoisotopic (exact) mass is 297 g/mol. The predicted molar refractivity (Wildman–Crippen MR) is 80.0 cm³/mol. The van der Waals surface area contributed by atoms with E-state index < -0.39 is 6.04 Å². The molecule has 2 aliphatic rings. The number of hydrogen-bond acceptors (Lipinski definition) is 3. The Hall–Kier alpha value is -1.30. The van der Waals surface area contributed by atoms with E-state index in [2.05, 4.69) is 12.2 Å². The number of rotatable bonds is 2. The first-order chi connectivity index (χ1) is 9.99. The summed E-state index contributed by atoms with van der Waals surface area (Å²) in [5.74, 6) is 0.558. The van der Waals surface area contributed by atoms with Crippen molar-refractivity contribution in [3.63, 3.8) is 0 Å². The Kier molecular flexibility index (Phi) is 5.45. The van der Waals surface area contributed by atoms with Gasteiger partial charge in [0, 0.05) is 25.7 Å². The molecule has 1 unspecified atom stereocenters. The third-order valence-electron chi connectivity index (χ3n) is 4.16. The minimum absolute atomic E-state index is 0.0193. The average Bonchev–Trinajstić information content (AvgIpc) is 2.46. The molecule has 21 heavy (non-hydrogen) atoms. The van der Waals surface area contributed by atoms with Crippen LogP contribution in [0.2, 0.25) is 0 Å².